The van der Waals surface area contributed by atoms with E-state index in [0.29, 0.717) is 38.6 Å². The molecule has 0 aromatic carbocycles. The monoisotopic (exact) mass is 389 g/mol. The van der Waals surface area contributed by atoms with E-state index in [1.165, 1.54) is 0 Å². The molecule has 3 amide bonds. The standard InChI is InChI=1S/C16H27N3O6S/c20-13(17-9-5-1-2-8-14(21)22)7-4-3-6-12-15-11(10-26(12,24)25)18-16(23)19-15/h11-12,15H,1-10H2,(H,17,20)(H,21,22)(H2,18,19,23). The molecule has 2 fully saturated rings. The Morgan fingerprint density at radius 2 is 1.81 bits per heavy atom. The van der Waals surface area contributed by atoms with Gasteiger partial charge in [0.05, 0.1) is 23.1 Å². The van der Waals surface area contributed by atoms with Crippen LogP contribution in [0.25, 0.3) is 0 Å². The van der Waals surface area contributed by atoms with Crippen LogP contribution in [0.2, 0.25) is 0 Å². The first-order valence-corrected chi connectivity index (χ1v) is 10.8. The molecule has 0 spiro atoms. The number of aliphatic carboxylic acids is 1. The molecule has 4 N–H and O–H groups in total. The van der Waals surface area contributed by atoms with E-state index in [0.717, 1.165) is 12.8 Å². The highest BCUT2D eigenvalue weighted by molar-refractivity contribution is 7.92. The maximum absolute atomic E-state index is 12.2. The third-order valence-corrected chi connectivity index (χ3v) is 7.13. The van der Waals surface area contributed by atoms with Crippen molar-refractivity contribution in [3.8, 4) is 0 Å². The number of fused-ring (bicyclic) bond motifs is 1. The van der Waals surface area contributed by atoms with Crippen LogP contribution in [0.15, 0.2) is 0 Å². The number of carboxylic acids is 1. The molecular weight excluding hydrogens is 362 g/mol. The van der Waals surface area contributed by atoms with E-state index in [9.17, 15) is 22.8 Å². The average molecular weight is 389 g/mol. The number of hydrogen-bond donors (Lipinski definition) is 4. The Hall–Kier alpha value is -1.84. The van der Waals surface area contributed by atoms with Gasteiger partial charge in [-0.05, 0) is 25.7 Å². The SMILES string of the molecule is O=C(O)CCCCCNC(=O)CCCCC1C2NC(=O)NC2CS1(=O)=O. The van der Waals surface area contributed by atoms with Crippen molar-refractivity contribution < 1.29 is 27.9 Å². The van der Waals surface area contributed by atoms with E-state index in [1.54, 1.807) is 0 Å². The van der Waals surface area contributed by atoms with E-state index in [4.69, 9.17) is 5.11 Å². The van der Waals surface area contributed by atoms with Crippen LogP contribution in [-0.2, 0) is 19.4 Å². The van der Waals surface area contributed by atoms with Gasteiger partial charge in [0.1, 0.15) is 0 Å². The number of carbonyl (C=O) groups is 3. The fraction of sp³-hybridized carbons (Fsp3) is 0.812. The molecular formula is C16H27N3O6S. The second-order valence-corrected chi connectivity index (χ2v) is 9.18. The molecule has 0 saturated carbocycles. The molecule has 2 heterocycles. The predicted molar refractivity (Wildman–Crippen MR) is 94.4 cm³/mol. The van der Waals surface area contributed by atoms with Crippen LogP contribution in [0, 0.1) is 0 Å². The normalized spacial score (nSPS) is 26.0. The molecule has 2 aliphatic heterocycles. The molecule has 0 aromatic rings. The summed E-state index contributed by atoms with van der Waals surface area (Å²) in [5.74, 6) is -0.910. The topological polar surface area (TPSA) is 142 Å². The second kappa shape index (κ2) is 9.20. The van der Waals surface area contributed by atoms with Crippen LogP contribution in [0.5, 0.6) is 0 Å². The number of sulfone groups is 1. The largest absolute Gasteiger partial charge is 0.481 e. The van der Waals surface area contributed by atoms with E-state index in [-0.39, 0.29) is 36.2 Å². The summed E-state index contributed by atoms with van der Waals surface area (Å²) >= 11 is 0. The van der Waals surface area contributed by atoms with Crippen LogP contribution in [0.1, 0.15) is 51.4 Å². The van der Waals surface area contributed by atoms with Crippen molar-refractivity contribution in [2.45, 2.75) is 68.7 Å². The molecule has 9 nitrogen and oxygen atoms in total. The second-order valence-electron chi connectivity index (χ2n) is 6.92. The maximum Gasteiger partial charge on any atom is 0.315 e. The van der Waals surface area contributed by atoms with Crippen molar-refractivity contribution in [3.05, 3.63) is 0 Å². The van der Waals surface area contributed by atoms with Crippen molar-refractivity contribution in [1.82, 2.24) is 16.0 Å². The first-order valence-electron chi connectivity index (χ1n) is 9.06. The highest BCUT2D eigenvalue weighted by Gasteiger charge is 2.51. The van der Waals surface area contributed by atoms with Crippen LogP contribution >= 0.6 is 0 Å². The van der Waals surface area contributed by atoms with Gasteiger partial charge in [0.2, 0.25) is 5.91 Å². The van der Waals surface area contributed by atoms with E-state index >= 15 is 0 Å². The van der Waals surface area contributed by atoms with Gasteiger partial charge in [-0.3, -0.25) is 9.59 Å². The summed E-state index contributed by atoms with van der Waals surface area (Å²) in [7, 11) is -3.22. The van der Waals surface area contributed by atoms with Gasteiger partial charge in [0.25, 0.3) is 0 Å². The molecule has 2 saturated heterocycles. The molecule has 26 heavy (non-hydrogen) atoms. The smallest absolute Gasteiger partial charge is 0.315 e. The van der Waals surface area contributed by atoms with Gasteiger partial charge < -0.3 is 21.1 Å². The lowest BCUT2D eigenvalue weighted by atomic mass is 10.0. The van der Waals surface area contributed by atoms with Crippen LogP contribution in [0.4, 0.5) is 4.79 Å². The van der Waals surface area contributed by atoms with Crippen LogP contribution in [0.3, 0.4) is 0 Å². The maximum atomic E-state index is 12.2. The number of rotatable bonds is 11. The number of hydrogen-bond acceptors (Lipinski definition) is 5. The minimum Gasteiger partial charge on any atom is -0.481 e. The van der Waals surface area contributed by atoms with Crippen molar-refractivity contribution in [1.29, 1.82) is 0 Å². The molecule has 10 heteroatoms. The summed E-state index contributed by atoms with van der Waals surface area (Å²) in [5, 5.41) is 16.0. The molecule has 2 rings (SSSR count). The summed E-state index contributed by atoms with van der Waals surface area (Å²) in [5.41, 5.74) is 0. The van der Waals surface area contributed by atoms with E-state index in [2.05, 4.69) is 16.0 Å². The Kier molecular flexibility index (Phi) is 7.24. The Morgan fingerprint density at radius 1 is 1.08 bits per heavy atom. The van der Waals surface area contributed by atoms with Crippen molar-refractivity contribution in [3.63, 3.8) is 0 Å². The molecule has 3 unspecified atom stereocenters. The zero-order valence-corrected chi connectivity index (χ0v) is 15.5. The van der Waals surface area contributed by atoms with E-state index in [1.807, 2.05) is 0 Å². The Morgan fingerprint density at radius 3 is 2.54 bits per heavy atom. The van der Waals surface area contributed by atoms with Gasteiger partial charge in [-0.25, -0.2) is 13.2 Å². The minimum atomic E-state index is -3.22. The summed E-state index contributed by atoms with van der Waals surface area (Å²) in [6.45, 7) is 0.525. The average Bonchev–Trinajstić information content (AvgIpc) is 2.99. The van der Waals surface area contributed by atoms with Crippen molar-refractivity contribution in [2.24, 2.45) is 0 Å². The third kappa shape index (κ3) is 5.86. The Labute approximate surface area is 153 Å². The first kappa shape index (κ1) is 20.5. The summed E-state index contributed by atoms with van der Waals surface area (Å²) in [6.07, 6.45) is 4.23. The van der Waals surface area contributed by atoms with Gasteiger partial charge in [-0.1, -0.05) is 12.8 Å². The summed E-state index contributed by atoms with van der Waals surface area (Å²) in [4.78, 5) is 33.4. The summed E-state index contributed by atoms with van der Waals surface area (Å²) < 4.78 is 24.3. The molecule has 0 aliphatic carbocycles. The van der Waals surface area contributed by atoms with Crippen molar-refractivity contribution >= 4 is 27.7 Å². The van der Waals surface area contributed by atoms with E-state index < -0.39 is 21.1 Å². The third-order valence-electron chi connectivity index (χ3n) is 4.85. The number of carbonyl (C=O) groups excluding carboxylic acids is 2. The molecule has 2 aliphatic rings. The number of urea groups is 1. The van der Waals surface area contributed by atoms with Crippen LogP contribution < -0.4 is 16.0 Å². The molecule has 0 bridgehead atoms. The fourth-order valence-corrected chi connectivity index (χ4v) is 5.80. The highest BCUT2D eigenvalue weighted by Crippen LogP contribution is 2.28. The minimum absolute atomic E-state index is 0.0244. The number of carboxylic acid groups (broad SMARTS) is 1. The lowest BCUT2D eigenvalue weighted by molar-refractivity contribution is -0.137. The van der Waals surface area contributed by atoms with Gasteiger partial charge in [-0.2, -0.15) is 0 Å². The van der Waals surface area contributed by atoms with Gasteiger partial charge in [-0.15, -0.1) is 0 Å². The molecule has 0 aromatic heterocycles. The number of unbranched alkanes of at least 4 members (excludes halogenated alkanes) is 3. The fourth-order valence-electron chi connectivity index (χ4n) is 3.53. The number of amides is 3. The van der Waals surface area contributed by atoms with Crippen LogP contribution in [-0.4, -0.2) is 61.1 Å². The number of nitrogens with one attached hydrogen (secondary N) is 3. The predicted octanol–water partition coefficient (Wildman–Crippen LogP) is 0.155. The molecule has 3 atom stereocenters. The highest BCUT2D eigenvalue weighted by atomic mass is 32.2. The zero-order chi connectivity index (χ0) is 19.2. The zero-order valence-electron chi connectivity index (χ0n) is 14.7. The van der Waals surface area contributed by atoms with Crippen molar-refractivity contribution in [2.75, 3.05) is 12.3 Å². The molecule has 0 radical (unpaired) electrons. The quantitative estimate of drug-likeness (QED) is 0.293. The lowest BCUT2D eigenvalue weighted by Crippen LogP contribution is -2.39. The summed E-state index contributed by atoms with van der Waals surface area (Å²) in [6, 6.07) is -1.03. The first-order chi connectivity index (χ1) is 12.3. The Balaban J connectivity index is 1.57. The van der Waals surface area contributed by atoms with Gasteiger partial charge in [0, 0.05) is 19.4 Å². The lowest BCUT2D eigenvalue weighted by Gasteiger charge is -2.16. The Bertz CT molecular complexity index is 636. The van der Waals surface area contributed by atoms with Gasteiger partial charge >= 0.3 is 12.0 Å². The van der Waals surface area contributed by atoms with Gasteiger partial charge in [0.15, 0.2) is 9.84 Å². The molecule has 148 valence electrons.